The number of fused-ring (bicyclic) bond motifs is 1. The van der Waals surface area contributed by atoms with Crippen LogP contribution in [0.5, 0.6) is 0 Å². The van der Waals surface area contributed by atoms with E-state index in [0.29, 0.717) is 28.2 Å². The second kappa shape index (κ2) is 7.91. The van der Waals surface area contributed by atoms with Gasteiger partial charge in [-0.2, -0.15) is 15.0 Å². The van der Waals surface area contributed by atoms with Crippen molar-refractivity contribution in [2.45, 2.75) is 44.9 Å². The van der Waals surface area contributed by atoms with Gasteiger partial charge in [0.15, 0.2) is 5.16 Å². The molecule has 142 valence electrons. The molecule has 0 fully saturated rings. The number of aromatic nitrogens is 3. The number of anilines is 2. The number of nitrogens with zero attached hydrogens (tertiary/aromatic N) is 4. The molecule has 0 bridgehead atoms. The minimum atomic E-state index is -0.293. The Hall–Kier alpha value is -2.68. The summed E-state index contributed by atoms with van der Waals surface area (Å²) in [6.45, 7) is 7.96. The maximum atomic E-state index is 12.5. The fourth-order valence-electron chi connectivity index (χ4n) is 2.55. The van der Waals surface area contributed by atoms with Gasteiger partial charge in [0.25, 0.3) is 11.8 Å². The Balaban J connectivity index is 1.77. The van der Waals surface area contributed by atoms with E-state index in [2.05, 4.69) is 25.6 Å². The van der Waals surface area contributed by atoms with E-state index < -0.39 is 0 Å². The molecule has 2 heterocycles. The maximum absolute atomic E-state index is 12.5. The average molecular weight is 386 g/mol. The van der Waals surface area contributed by atoms with Crippen molar-refractivity contribution < 1.29 is 9.59 Å². The predicted molar refractivity (Wildman–Crippen MR) is 105 cm³/mol. The maximum Gasteiger partial charge on any atom is 0.262 e. The summed E-state index contributed by atoms with van der Waals surface area (Å²) in [4.78, 5) is 39.3. The van der Waals surface area contributed by atoms with Crippen molar-refractivity contribution in [2.24, 2.45) is 0 Å². The number of hydrogen-bond donors (Lipinski definition) is 2. The lowest BCUT2D eigenvalue weighted by Crippen LogP contribution is -2.29. The number of carbonyl (C=O) groups excluding carboxylic acids is 2. The average Bonchev–Trinajstić information content (AvgIpc) is 2.83. The largest absolute Gasteiger partial charge is 0.352 e. The molecule has 0 radical (unpaired) electrons. The highest BCUT2D eigenvalue weighted by atomic mass is 32.2. The molecule has 1 aliphatic heterocycles. The zero-order valence-electron chi connectivity index (χ0n) is 15.7. The van der Waals surface area contributed by atoms with Gasteiger partial charge >= 0.3 is 0 Å². The van der Waals surface area contributed by atoms with E-state index in [0.717, 1.165) is 0 Å². The number of rotatable bonds is 7. The van der Waals surface area contributed by atoms with Gasteiger partial charge in [0.1, 0.15) is 0 Å². The summed E-state index contributed by atoms with van der Waals surface area (Å²) in [5.74, 6) is 0.455. The molecule has 8 nitrogen and oxygen atoms in total. The highest BCUT2D eigenvalue weighted by molar-refractivity contribution is 7.99. The lowest BCUT2D eigenvalue weighted by atomic mass is 10.1. The molecule has 0 saturated heterocycles. The number of carbonyl (C=O) groups is 2. The van der Waals surface area contributed by atoms with Gasteiger partial charge in [-0.15, -0.1) is 0 Å². The topological polar surface area (TPSA) is 100 Å². The van der Waals surface area contributed by atoms with Crippen molar-refractivity contribution in [1.82, 2.24) is 19.9 Å². The number of imide groups is 1. The van der Waals surface area contributed by atoms with E-state index in [-0.39, 0.29) is 29.8 Å². The van der Waals surface area contributed by atoms with Crippen LogP contribution in [0.25, 0.3) is 0 Å². The molecule has 1 aliphatic rings. The SMILES string of the molecule is CC(C)Nc1nc(NC(C)C)nc(SCN2C(=O)c3ccccc3C2=O)n1. The van der Waals surface area contributed by atoms with Crippen molar-refractivity contribution >= 4 is 35.5 Å². The fourth-order valence-corrected chi connectivity index (χ4v) is 3.33. The van der Waals surface area contributed by atoms with Crippen molar-refractivity contribution in [3.8, 4) is 0 Å². The molecule has 0 atom stereocenters. The standard InChI is InChI=1S/C18H22N6O2S/c1-10(2)19-16-21-17(20-11(3)4)23-18(22-16)27-9-24-14(25)12-7-5-6-8-13(12)15(24)26/h5-8,10-11H,9H2,1-4H3,(H2,19,20,21,22,23). The molecular weight excluding hydrogens is 364 g/mol. The molecule has 3 rings (SSSR count). The summed E-state index contributed by atoms with van der Waals surface area (Å²) in [5.41, 5.74) is 0.867. The Morgan fingerprint density at radius 2 is 1.37 bits per heavy atom. The van der Waals surface area contributed by atoms with Crippen molar-refractivity contribution in [3.05, 3.63) is 35.4 Å². The minimum Gasteiger partial charge on any atom is -0.352 e. The van der Waals surface area contributed by atoms with E-state index in [4.69, 9.17) is 0 Å². The molecule has 9 heteroatoms. The lowest BCUT2D eigenvalue weighted by Gasteiger charge is -2.15. The van der Waals surface area contributed by atoms with Gasteiger partial charge in [-0.3, -0.25) is 14.5 Å². The molecular formula is C18H22N6O2S. The van der Waals surface area contributed by atoms with Crippen LogP contribution in [0.2, 0.25) is 0 Å². The van der Waals surface area contributed by atoms with E-state index in [9.17, 15) is 9.59 Å². The van der Waals surface area contributed by atoms with Crippen LogP contribution in [-0.2, 0) is 0 Å². The molecule has 1 aromatic carbocycles. The minimum absolute atomic E-state index is 0.137. The molecule has 2 aromatic rings. The first-order valence-corrected chi connectivity index (χ1v) is 9.71. The third-order valence-corrected chi connectivity index (χ3v) is 4.48. The van der Waals surface area contributed by atoms with Crippen LogP contribution in [0.3, 0.4) is 0 Å². The van der Waals surface area contributed by atoms with Crippen LogP contribution >= 0.6 is 11.8 Å². The van der Waals surface area contributed by atoms with E-state index in [1.54, 1.807) is 24.3 Å². The fraction of sp³-hybridized carbons (Fsp3) is 0.389. The summed E-state index contributed by atoms with van der Waals surface area (Å²) in [5, 5.41) is 6.75. The summed E-state index contributed by atoms with van der Waals surface area (Å²) >= 11 is 1.22. The molecule has 27 heavy (non-hydrogen) atoms. The lowest BCUT2D eigenvalue weighted by molar-refractivity contribution is 0.0684. The zero-order chi connectivity index (χ0) is 19.6. The quantitative estimate of drug-likeness (QED) is 0.553. The Kier molecular flexibility index (Phi) is 5.59. The van der Waals surface area contributed by atoms with Gasteiger partial charge in [-0.1, -0.05) is 23.9 Å². The summed E-state index contributed by atoms with van der Waals surface area (Å²) < 4.78 is 0. The zero-order valence-corrected chi connectivity index (χ0v) is 16.5. The third kappa shape index (κ3) is 4.36. The molecule has 0 aliphatic carbocycles. The van der Waals surface area contributed by atoms with Crippen LogP contribution < -0.4 is 10.6 Å². The van der Waals surface area contributed by atoms with Gasteiger partial charge in [-0.25, -0.2) is 0 Å². The van der Waals surface area contributed by atoms with Gasteiger partial charge in [0.2, 0.25) is 11.9 Å². The summed E-state index contributed by atoms with van der Waals surface area (Å²) in [6.07, 6.45) is 0. The van der Waals surface area contributed by atoms with E-state index in [1.165, 1.54) is 16.7 Å². The summed E-state index contributed by atoms with van der Waals surface area (Å²) in [6, 6.07) is 7.15. The molecule has 2 amide bonds. The van der Waals surface area contributed by atoms with Crippen LogP contribution in [0.4, 0.5) is 11.9 Å². The number of hydrogen-bond acceptors (Lipinski definition) is 8. The number of nitrogens with one attached hydrogen (secondary N) is 2. The monoisotopic (exact) mass is 386 g/mol. The number of thioether (sulfide) groups is 1. The second-order valence-corrected chi connectivity index (χ2v) is 7.63. The second-order valence-electron chi connectivity index (χ2n) is 6.72. The molecule has 0 unspecified atom stereocenters. The van der Waals surface area contributed by atoms with Gasteiger partial charge < -0.3 is 10.6 Å². The first kappa shape index (κ1) is 19.1. The van der Waals surface area contributed by atoms with E-state index >= 15 is 0 Å². The molecule has 0 spiro atoms. The first-order valence-electron chi connectivity index (χ1n) is 8.72. The molecule has 0 saturated carbocycles. The van der Waals surface area contributed by atoms with E-state index in [1.807, 2.05) is 27.7 Å². The third-order valence-electron chi connectivity index (χ3n) is 3.65. The van der Waals surface area contributed by atoms with Crippen molar-refractivity contribution in [2.75, 3.05) is 16.5 Å². The first-order chi connectivity index (χ1) is 12.8. The predicted octanol–water partition coefficient (Wildman–Crippen LogP) is 2.86. The summed E-state index contributed by atoms with van der Waals surface area (Å²) in [7, 11) is 0. The Labute approximate surface area is 162 Å². The van der Waals surface area contributed by atoms with Gasteiger partial charge in [0.05, 0.1) is 17.0 Å². The van der Waals surface area contributed by atoms with Crippen molar-refractivity contribution in [3.63, 3.8) is 0 Å². The number of benzene rings is 1. The Bertz CT molecular complexity index is 807. The highest BCUT2D eigenvalue weighted by Crippen LogP contribution is 2.26. The Morgan fingerprint density at radius 1 is 0.889 bits per heavy atom. The van der Waals surface area contributed by atoms with Gasteiger partial charge in [0, 0.05) is 12.1 Å². The van der Waals surface area contributed by atoms with Crippen LogP contribution in [-0.4, -0.2) is 49.6 Å². The van der Waals surface area contributed by atoms with Crippen molar-refractivity contribution in [1.29, 1.82) is 0 Å². The van der Waals surface area contributed by atoms with Gasteiger partial charge in [-0.05, 0) is 39.8 Å². The smallest absolute Gasteiger partial charge is 0.262 e. The number of amides is 2. The molecule has 1 aromatic heterocycles. The van der Waals surface area contributed by atoms with Crippen LogP contribution in [0.15, 0.2) is 29.4 Å². The van der Waals surface area contributed by atoms with Crippen LogP contribution in [0, 0.1) is 0 Å². The molecule has 2 N–H and O–H groups in total. The Morgan fingerprint density at radius 3 is 1.81 bits per heavy atom. The van der Waals surface area contributed by atoms with Crippen LogP contribution in [0.1, 0.15) is 48.4 Å². The normalized spacial score (nSPS) is 13.5. The highest BCUT2D eigenvalue weighted by Gasteiger charge is 2.35.